The summed E-state index contributed by atoms with van der Waals surface area (Å²) in [5, 5.41) is 5.75. The van der Waals surface area contributed by atoms with E-state index in [-0.39, 0.29) is 17.9 Å². The molecule has 0 aliphatic rings. The van der Waals surface area contributed by atoms with Gasteiger partial charge in [-0.1, -0.05) is 43.2 Å². The number of thiophene rings is 1. The number of aromatic amines is 1. The molecule has 0 aliphatic heterocycles. The standard InChI is InChI=1S/C25H27N5O2S2/c1-26-23(31)11-7-3-6-10-18(30-25(32)22-15-27-16-33-22)24-28-14-19(29-24)21-13-12-20(34-21)17-8-4-2-5-9-17/h2,4-5,8-9,12-16,18H,3,6-7,10-11H2,1H3,(H,26,31)(H,28,29)(H,30,32)/t18-/m0/s1. The molecule has 34 heavy (non-hydrogen) atoms. The van der Waals surface area contributed by atoms with E-state index >= 15 is 0 Å². The number of benzene rings is 1. The fraction of sp³-hybridized carbons (Fsp3) is 0.280. The molecule has 0 radical (unpaired) electrons. The van der Waals surface area contributed by atoms with Gasteiger partial charge in [-0.05, 0) is 30.5 Å². The van der Waals surface area contributed by atoms with Gasteiger partial charge < -0.3 is 15.6 Å². The minimum atomic E-state index is -0.253. The second-order valence-electron chi connectivity index (χ2n) is 7.88. The molecule has 3 aromatic heterocycles. The Balaban J connectivity index is 1.45. The topological polar surface area (TPSA) is 99.8 Å². The van der Waals surface area contributed by atoms with Crippen molar-refractivity contribution < 1.29 is 9.59 Å². The number of nitrogens with zero attached hydrogens (tertiary/aromatic N) is 2. The Labute approximate surface area is 206 Å². The van der Waals surface area contributed by atoms with Crippen molar-refractivity contribution in [1.82, 2.24) is 25.6 Å². The van der Waals surface area contributed by atoms with Crippen LogP contribution in [-0.2, 0) is 4.79 Å². The van der Waals surface area contributed by atoms with E-state index in [0.717, 1.165) is 42.1 Å². The molecule has 4 rings (SSSR count). The summed E-state index contributed by atoms with van der Waals surface area (Å²) in [6.45, 7) is 0. The van der Waals surface area contributed by atoms with Crippen LogP contribution in [0, 0.1) is 0 Å². The van der Waals surface area contributed by atoms with E-state index < -0.39 is 0 Å². The van der Waals surface area contributed by atoms with Crippen molar-refractivity contribution in [3.05, 3.63) is 71.1 Å². The molecule has 9 heteroatoms. The monoisotopic (exact) mass is 493 g/mol. The smallest absolute Gasteiger partial charge is 0.263 e. The van der Waals surface area contributed by atoms with Crippen LogP contribution < -0.4 is 10.6 Å². The first kappa shape index (κ1) is 23.8. The molecular formula is C25H27N5O2S2. The summed E-state index contributed by atoms with van der Waals surface area (Å²) >= 11 is 3.01. The molecule has 0 unspecified atom stereocenters. The Bertz CT molecular complexity index is 1200. The molecule has 4 aromatic rings. The number of carbonyl (C=O) groups is 2. The van der Waals surface area contributed by atoms with Crippen LogP contribution >= 0.6 is 22.7 Å². The summed E-state index contributed by atoms with van der Waals surface area (Å²) in [5.41, 5.74) is 3.76. The lowest BCUT2D eigenvalue weighted by Gasteiger charge is -2.16. The molecule has 1 aromatic carbocycles. The maximum atomic E-state index is 12.7. The van der Waals surface area contributed by atoms with E-state index in [4.69, 9.17) is 0 Å². The van der Waals surface area contributed by atoms with Crippen LogP contribution in [0.1, 0.15) is 53.6 Å². The van der Waals surface area contributed by atoms with Crippen molar-refractivity contribution in [2.45, 2.75) is 38.1 Å². The van der Waals surface area contributed by atoms with Crippen molar-refractivity contribution in [3.63, 3.8) is 0 Å². The SMILES string of the molecule is CNC(=O)CCCCC[C@H](NC(=O)c1cncs1)c1ncc(-c2ccc(-c3ccccc3)s2)[nH]1. The summed E-state index contributed by atoms with van der Waals surface area (Å²) in [6, 6.07) is 14.2. The van der Waals surface area contributed by atoms with Crippen LogP contribution in [0.15, 0.2) is 60.4 Å². The highest BCUT2D eigenvalue weighted by Gasteiger charge is 2.20. The molecular weight excluding hydrogens is 466 g/mol. The van der Waals surface area contributed by atoms with Crippen LogP contribution in [0.25, 0.3) is 21.0 Å². The minimum Gasteiger partial charge on any atom is -0.359 e. The molecule has 0 aliphatic carbocycles. The molecule has 176 valence electrons. The average Bonchev–Trinajstić information content (AvgIpc) is 3.64. The number of nitrogens with one attached hydrogen (secondary N) is 3. The quantitative estimate of drug-likeness (QED) is 0.243. The molecule has 0 saturated carbocycles. The van der Waals surface area contributed by atoms with Crippen molar-refractivity contribution in [1.29, 1.82) is 0 Å². The van der Waals surface area contributed by atoms with Gasteiger partial charge in [0.1, 0.15) is 10.7 Å². The van der Waals surface area contributed by atoms with E-state index in [2.05, 4.69) is 49.9 Å². The minimum absolute atomic E-state index is 0.0524. The predicted molar refractivity (Wildman–Crippen MR) is 137 cm³/mol. The van der Waals surface area contributed by atoms with Crippen molar-refractivity contribution in [3.8, 4) is 21.0 Å². The Morgan fingerprint density at radius 1 is 1.03 bits per heavy atom. The molecule has 7 nitrogen and oxygen atoms in total. The normalized spacial score (nSPS) is 11.8. The van der Waals surface area contributed by atoms with Crippen LogP contribution in [0.3, 0.4) is 0 Å². The van der Waals surface area contributed by atoms with Gasteiger partial charge in [-0.3, -0.25) is 14.6 Å². The number of aromatic nitrogens is 3. The number of H-pyrrole nitrogens is 1. The maximum absolute atomic E-state index is 12.7. The molecule has 0 bridgehead atoms. The highest BCUT2D eigenvalue weighted by molar-refractivity contribution is 7.18. The second kappa shape index (κ2) is 11.7. The summed E-state index contributed by atoms with van der Waals surface area (Å²) in [7, 11) is 1.65. The first-order valence-electron chi connectivity index (χ1n) is 11.2. The number of unbranched alkanes of at least 4 members (excludes halogenated alkanes) is 2. The number of carbonyl (C=O) groups excluding carboxylic acids is 2. The fourth-order valence-electron chi connectivity index (χ4n) is 3.65. The third-order valence-corrected chi connectivity index (χ3v) is 7.43. The number of thiazole rings is 1. The van der Waals surface area contributed by atoms with E-state index in [9.17, 15) is 9.59 Å². The molecule has 0 saturated heterocycles. The van der Waals surface area contributed by atoms with Gasteiger partial charge in [0, 0.05) is 18.3 Å². The van der Waals surface area contributed by atoms with Crippen LogP contribution in [-0.4, -0.2) is 33.8 Å². The summed E-state index contributed by atoms with van der Waals surface area (Å²) in [4.78, 5) is 39.1. The van der Waals surface area contributed by atoms with Gasteiger partial charge in [-0.2, -0.15) is 0 Å². The summed E-state index contributed by atoms with van der Waals surface area (Å²) in [6.07, 6.45) is 7.23. The lowest BCUT2D eigenvalue weighted by Crippen LogP contribution is -2.28. The van der Waals surface area contributed by atoms with Gasteiger partial charge in [0.2, 0.25) is 5.91 Å². The Morgan fingerprint density at radius 3 is 2.62 bits per heavy atom. The van der Waals surface area contributed by atoms with Crippen molar-refractivity contribution in [2.24, 2.45) is 0 Å². The van der Waals surface area contributed by atoms with Crippen molar-refractivity contribution in [2.75, 3.05) is 7.05 Å². The molecule has 3 N–H and O–H groups in total. The van der Waals surface area contributed by atoms with Gasteiger partial charge >= 0.3 is 0 Å². The molecule has 2 amide bonds. The first-order valence-corrected chi connectivity index (χ1v) is 12.9. The highest BCUT2D eigenvalue weighted by atomic mass is 32.1. The van der Waals surface area contributed by atoms with E-state index in [1.165, 1.54) is 21.8 Å². The zero-order valence-corrected chi connectivity index (χ0v) is 20.5. The number of rotatable bonds is 11. The Hall–Kier alpha value is -3.30. The predicted octanol–water partition coefficient (Wildman–Crippen LogP) is 5.43. The first-order chi connectivity index (χ1) is 16.6. The Kier molecular flexibility index (Phi) is 8.21. The molecule has 1 atom stereocenters. The number of amides is 2. The lowest BCUT2D eigenvalue weighted by atomic mass is 10.1. The number of hydrogen-bond acceptors (Lipinski definition) is 6. The third-order valence-electron chi connectivity index (χ3n) is 5.49. The highest BCUT2D eigenvalue weighted by Crippen LogP contribution is 2.34. The maximum Gasteiger partial charge on any atom is 0.263 e. The third kappa shape index (κ3) is 6.18. The molecule has 0 spiro atoms. The van der Waals surface area contributed by atoms with E-state index in [1.807, 2.05) is 24.4 Å². The van der Waals surface area contributed by atoms with Gasteiger partial charge in [-0.15, -0.1) is 22.7 Å². The second-order valence-corrected chi connectivity index (χ2v) is 9.85. The summed E-state index contributed by atoms with van der Waals surface area (Å²) in [5.74, 6) is 0.628. The molecule has 0 fully saturated rings. The largest absolute Gasteiger partial charge is 0.359 e. The van der Waals surface area contributed by atoms with Crippen LogP contribution in [0.4, 0.5) is 0 Å². The summed E-state index contributed by atoms with van der Waals surface area (Å²) < 4.78 is 0. The zero-order valence-electron chi connectivity index (χ0n) is 18.9. The average molecular weight is 494 g/mol. The fourth-order valence-corrected chi connectivity index (χ4v) is 5.15. The van der Waals surface area contributed by atoms with Gasteiger partial charge in [0.25, 0.3) is 5.91 Å². The number of imidazole rings is 1. The van der Waals surface area contributed by atoms with Gasteiger partial charge in [0.05, 0.1) is 34.5 Å². The van der Waals surface area contributed by atoms with E-state index in [0.29, 0.717) is 11.3 Å². The van der Waals surface area contributed by atoms with Gasteiger partial charge in [-0.25, -0.2) is 4.98 Å². The van der Waals surface area contributed by atoms with Gasteiger partial charge in [0.15, 0.2) is 0 Å². The molecule has 3 heterocycles. The van der Waals surface area contributed by atoms with Crippen LogP contribution in [0.5, 0.6) is 0 Å². The lowest BCUT2D eigenvalue weighted by molar-refractivity contribution is -0.120. The number of hydrogen-bond donors (Lipinski definition) is 3. The van der Waals surface area contributed by atoms with E-state index in [1.54, 1.807) is 30.1 Å². The zero-order chi connectivity index (χ0) is 23.8. The Morgan fingerprint density at radius 2 is 1.85 bits per heavy atom. The van der Waals surface area contributed by atoms with Crippen LogP contribution in [0.2, 0.25) is 0 Å². The van der Waals surface area contributed by atoms with Crippen molar-refractivity contribution >= 4 is 34.5 Å².